The van der Waals surface area contributed by atoms with E-state index in [2.05, 4.69) is 257 Å². The maximum atomic E-state index is 2.85. The highest BCUT2D eigenvalue weighted by Crippen LogP contribution is 2.62. The van der Waals surface area contributed by atoms with Crippen LogP contribution >= 0.6 is 0 Å². The minimum atomic E-state index is -0.0982. The summed E-state index contributed by atoms with van der Waals surface area (Å²) in [5.41, 5.74) is 24.9. The minimum absolute atomic E-state index is 0.0387. The van der Waals surface area contributed by atoms with E-state index < -0.39 is 0 Å². The molecule has 0 N–H and O–H groups in total. The first-order valence-electron chi connectivity index (χ1n) is 27.0. The summed E-state index contributed by atoms with van der Waals surface area (Å²) in [5, 5.41) is 1.33. The number of fused-ring (bicyclic) bond motifs is 7. The first-order valence-corrected chi connectivity index (χ1v) is 27.0. The lowest BCUT2D eigenvalue weighted by atomic mass is 9.44. The van der Waals surface area contributed by atoms with Crippen LogP contribution in [0.4, 0.5) is 28.4 Å². The van der Waals surface area contributed by atoms with E-state index in [1.54, 1.807) is 0 Å². The third-order valence-electron chi connectivity index (χ3n) is 17.9. The molecule has 0 radical (unpaired) electrons. The van der Waals surface area contributed by atoms with Crippen LogP contribution in [-0.2, 0) is 27.1 Å². The van der Waals surface area contributed by atoms with Crippen molar-refractivity contribution < 1.29 is 0 Å². The van der Waals surface area contributed by atoms with E-state index in [1.807, 2.05) is 0 Å². The molecule has 4 heteroatoms. The van der Waals surface area contributed by atoms with Gasteiger partial charge in [0.2, 0.25) is 0 Å². The number of rotatable bonds is 4. The average molecular weight is 944 g/mol. The van der Waals surface area contributed by atoms with Gasteiger partial charge in [0.25, 0.3) is 0 Å². The van der Waals surface area contributed by atoms with Gasteiger partial charge in [-0.1, -0.05) is 188 Å². The van der Waals surface area contributed by atoms with Crippen molar-refractivity contribution in [3.05, 3.63) is 173 Å². The Kier molecular flexibility index (Phi) is 10.2. The number of nitrogens with zero attached hydrogens (tertiary/aromatic N) is 3. The molecule has 0 saturated heterocycles. The van der Waals surface area contributed by atoms with E-state index in [0.717, 1.165) is 6.42 Å². The number of anilines is 5. The van der Waals surface area contributed by atoms with Gasteiger partial charge in [-0.25, -0.2) is 0 Å². The van der Waals surface area contributed by atoms with E-state index >= 15 is 0 Å². The second-order valence-corrected chi connectivity index (χ2v) is 26.6. The van der Waals surface area contributed by atoms with Crippen LogP contribution in [0.5, 0.6) is 0 Å². The standard InChI is InChI=1S/C68H74BN3/c1-63(2,3)45-28-31-49(32-29-45)70-57-34-30-46(64(4,5)6)41-55(57)69-60-51(38-48(42-58(60)70)66(10,11)12)52-39-47(65(7,8)9)40-53-59(43-23-17-15-18-24-43)61(72(69)62(52)53)44-27-33-56-54(37-44)67(13)35-21-22-36-68(67,14)71(56)50-25-19-16-20-26-50/h15-20,23-34,37-42H,21-22,35-36H2,1-14H3. The molecule has 3 aliphatic heterocycles. The predicted octanol–water partition coefficient (Wildman–Crippen LogP) is 17.3. The van der Waals surface area contributed by atoms with Crippen LogP contribution in [0.15, 0.2) is 146 Å². The first-order chi connectivity index (χ1) is 34.0. The molecule has 2 unspecified atom stereocenters. The van der Waals surface area contributed by atoms with Gasteiger partial charge in [-0.15, -0.1) is 0 Å². The molecular formula is C68H74BN3. The Hall–Kier alpha value is -6.26. The maximum absolute atomic E-state index is 2.85. The molecule has 1 aromatic heterocycles. The average Bonchev–Trinajstić information content (AvgIpc) is 3.78. The number of hydrogen-bond donors (Lipinski definition) is 0. The summed E-state index contributed by atoms with van der Waals surface area (Å²) in [6.45, 7) is 33.4. The molecular weight excluding hydrogens is 870 g/mol. The number of aromatic nitrogens is 1. The van der Waals surface area contributed by atoms with Crippen LogP contribution in [0.25, 0.3) is 44.4 Å². The van der Waals surface area contributed by atoms with Crippen LogP contribution in [0.2, 0.25) is 0 Å². The van der Waals surface area contributed by atoms with Crippen molar-refractivity contribution in [2.75, 3.05) is 9.80 Å². The van der Waals surface area contributed by atoms with E-state index in [0.29, 0.717) is 0 Å². The largest absolute Gasteiger partial charge is 0.375 e. The van der Waals surface area contributed by atoms with Crippen LogP contribution < -0.4 is 20.7 Å². The molecule has 4 aliphatic rings. The summed E-state index contributed by atoms with van der Waals surface area (Å²) in [6, 6.07) is 57.5. The molecule has 4 heterocycles. The van der Waals surface area contributed by atoms with Crippen LogP contribution in [0.1, 0.15) is 150 Å². The molecule has 7 aromatic carbocycles. The maximum Gasteiger partial charge on any atom is 0.333 e. The Morgan fingerprint density at radius 1 is 0.472 bits per heavy atom. The number of para-hydroxylation sites is 1. The molecule has 3 nitrogen and oxygen atoms in total. The Morgan fingerprint density at radius 3 is 1.71 bits per heavy atom. The van der Waals surface area contributed by atoms with Crippen LogP contribution in [-0.4, -0.2) is 16.9 Å². The molecule has 12 rings (SSSR count). The predicted molar refractivity (Wildman–Crippen MR) is 311 cm³/mol. The second-order valence-electron chi connectivity index (χ2n) is 26.6. The third-order valence-corrected chi connectivity index (χ3v) is 17.9. The topological polar surface area (TPSA) is 11.4 Å². The molecule has 8 aromatic rings. The summed E-state index contributed by atoms with van der Waals surface area (Å²) in [5.74, 6) is 0. The zero-order valence-corrected chi connectivity index (χ0v) is 45.6. The first kappa shape index (κ1) is 46.8. The third kappa shape index (κ3) is 6.83. The molecule has 1 fully saturated rings. The minimum Gasteiger partial charge on any atom is -0.375 e. The van der Waals surface area contributed by atoms with Gasteiger partial charge in [-0.2, -0.15) is 0 Å². The van der Waals surface area contributed by atoms with Gasteiger partial charge in [0.15, 0.2) is 0 Å². The summed E-state index contributed by atoms with van der Waals surface area (Å²) in [7, 11) is 0. The fraction of sp³-hybridized carbons (Fsp3) is 0.353. The van der Waals surface area contributed by atoms with Gasteiger partial charge < -0.3 is 14.3 Å². The molecule has 0 spiro atoms. The summed E-state index contributed by atoms with van der Waals surface area (Å²) in [6.07, 6.45) is 4.82. The van der Waals surface area contributed by atoms with Gasteiger partial charge in [0, 0.05) is 61.6 Å². The van der Waals surface area contributed by atoms with Crippen LogP contribution in [0.3, 0.4) is 0 Å². The Balaban J connectivity index is 1.24. The van der Waals surface area contributed by atoms with Crippen molar-refractivity contribution in [2.24, 2.45) is 0 Å². The second kappa shape index (κ2) is 15.6. The van der Waals surface area contributed by atoms with Gasteiger partial charge in [-0.05, 0) is 158 Å². The monoisotopic (exact) mass is 944 g/mol. The summed E-state index contributed by atoms with van der Waals surface area (Å²) >= 11 is 0. The van der Waals surface area contributed by atoms with E-state index in [9.17, 15) is 0 Å². The molecule has 1 saturated carbocycles. The summed E-state index contributed by atoms with van der Waals surface area (Å²) < 4.78 is 2.85. The van der Waals surface area contributed by atoms with Crippen molar-refractivity contribution in [1.82, 2.24) is 4.48 Å². The Morgan fingerprint density at radius 2 is 1.06 bits per heavy atom. The fourth-order valence-corrected chi connectivity index (χ4v) is 13.5. The Labute approximate surface area is 431 Å². The molecule has 2 atom stereocenters. The van der Waals surface area contributed by atoms with E-state index in [1.165, 1.54) is 131 Å². The summed E-state index contributed by atoms with van der Waals surface area (Å²) in [4.78, 5) is 5.34. The zero-order chi connectivity index (χ0) is 50.7. The lowest BCUT2D eigenvalue weighted by Crippen LogP contribution is -2.57. The zero-order valence-electron chi connectivity index (χ0n) is 45.6. The van der Waals surface area contributed by atoms with Gasteiger partial charge in [0.05, 0.1) is 5.54 Å². The van der Waals surface area contributed by atoms with Gasteiger partial charge in [0.1, 0.15) is 0 Å². The molecule has 0 amide bonds. The van der Waals surface area contributed by atoms with Crippen molar-refractivity contribution in [2.45, 2.75) is 155 Å². The van der Waals surface area contributed by atoms with Crippen molar-refractivity contribution in [3.63, 3.8) is 0 Å². The van der Waals surface area contributed by atoms with E-state index in [-0.39, 0.29) is 39.5 Å². The lowest BCUT2D eigenvalue weighted by molar-refractivity contribution is 0.195. The Bertz CT molecular complexity index is 3480. The molecule has 0 bridgehead atoms. The van der Waals surface area contributed by atoms with E-state index in [4.69, 9.17) is 0 Å². The fourth-order valence-electron chi connectivity index (χ4n) is 13.5. The SMILES string of the molecule is CC(C)(C)c1ccc(N2c3ccc(C(C)(C)C)cc3B3c4c(cc(C(C)(C)C)cc42)-c2cc(C(C)(C)C)cc4c(-c5ccccc5)c(-c5ccc6c(c5)C5(C)CCCCC5(C)N6c5ccccc5)n3c24)cc1. The number of hydrogen-bond acceptors (Lipinski definition) is 2. The lowest BCUT2D eigenvalue weighted by Gasteiger charge is -2.50. The van der Waals surface area contributed by atoms with Gasteiger partial charge in [-0.3, -0.25) is 0 Å². The molecule has 72 heavy (non-hydrogen) atoms. The molecule has 1 aliphatic carbocycles. The smallest absolute Gasteiger partial charge is 0.333 e. The van der Waals surface area contributed by atoms with Crippen molar-refractivity contribution in [3.8, 4) is 33.5 Å². The van der Waals surface area contributed by atoms with Gasteiger partial charge >= 0.3 is 6.85 Å². The normalized spacial score (nSPS) is 19.3. The quantitative estimate of drug-likeness (QED) is 0.163. The van der Waals surface area contributed by atoms with Crippen LogP contribution in [0, 0.1) is 0 Å². The highest BCUT2D eigenvalue weighted by atomic mass is 15.3. The highest BCUT2D eigenvalue weighted by Gasteiger charge is 2.58. The van der Waals surface area contributed by atoms with Crippen molar-refractivity contribution in [1.29, 1.82) is 0 Å². The van der Waals surface area contributed by atoms with Crippen molar-refractivity contribution >= 4 is 57.1 Å². The number of benzene rings is 7. The highest BCUT2D eigenvalue weighted by molar-refractivity contribution is 6.89. The molecule has 364 valence electrons.